The summed E-state index contributed by atoms with van der Waals surface area (Å²) in [6.07, 6.45) is 6.96. The Kier molecular flexibility index (Phi) is 12.9. The van der Waals surface area contributed by atoms with E-state index >= 15 is 0 Å². The molecule has 0 aliphatic rings. The molecule has 0 spiro atoms. The maximum Gasteiger partial charge on any atom is 0.472 e. The van der Waals surface area contributed by atoms with Crippen molar-refractivity contribution in [2.24, 2.45) is 5.73 Å². The van der Waals surface area contributed by atoms with Crippen LogP contribution in [-0.2, 0) is 23.1 Å². The van der Waals surface area contributed by atoms with E-state index in [0.717, 1.165) is 19.3 Å². The lowest BCUT2D eigenvalue weighted by Crippen LogP contribution is -2.12. The van der Waals surface area contributed by atoms with E-state index in [2.05, 4.69) is 16.0 Å². The van der Waals surface area contributed by atoms with Crippen LogP contribution in [0, 0.1) is 0 Å². The fraction of sp³-hybridized carbons (Fsp3) is 0.923. The summed E-state index contributed by atoms with van der Waals surface area (Å²) in [5.74, 6) is -0.315. The number of hydrogen-bond donors (Lipinski definition) is 2. The normalized spacial score (nSPS) is 13.9. The highest BCUT2D eigenvalue weighted by Gasteiger charge is 2.20. The van der Waals surface area contributed by atoms with E-state index in [1.54, 1.807) is 0 Å². The molecular formula is C13H28NO6P. The second-order valence-corrected chi connectivity index (χ2v) is 6.12. The van der Waals surface area contributed by atoms with Gasteiger partial charge in [0, 0.05) is 13.0 Å². The quantitative estimate of drug-likeness (QED) is 0.287. The molecule has 0 rings (SSSR count). The molecule has 0 aromatic heterocycles. The molecule has 0 radical (unpaired) electrons. The Morgan fingerprint density at radius 3 is 2.33 bits per heavy atom. The molecule has 0 aliphatic carbocycles. The summed E-state index contributed by atoms with van der Waals surface area (Å²) in [4.78, 5) is 20.5. The van der Waals surface area contributed by atoms with Crippen LogP contribution in [0.2, 0.25) is 0 Å². The SMILES string of the molecule is CCCCCCCCC(=O)OCCOP(=O)(O)OCCN. The number of nitrogens with two attached hydrogens (primary N) is 1. The van der Waals surface area contributed by atoms with Crippen molar-refractivity contribution >= 4 is 13.8 Å². The Bertz CT molecular complexity index is 313. The number of hydrogen-bond acceptors (Lipinski definition) is 6. The zero-order valence-corrected chi connectivity index (χ0v) is 13.7. The van der Waals surface area contributed by atoms with Gasteiger partial charge in [0.05, 0.1) is 13.2 Å². The number of rotatable bonds is 14. The summed E-state index contributed by atoms with van der Waals surface area (Å²) in [5, 5.41) is 0. The molecule has 8 heteroatoms. The van der Waals surface area contributed by atoms with Crippen LogP contribution in [0.15, 0.2) is 0 Å². The van der Waals surface area contributed by atoms with Crippen LogP contribution in [0.25, 0.3) is 0 Å². The molecule has 126 valence electrons. The molecule has 1 unspecified atom stereocenters. The first-order valence-electron chi connectivity index (χ1n) is 7.49. The van der Waals surface area contributed by atoms with E-state index in [9.17, 15) is 14.3 Å². The first-order valence-corrected chi connectivity index (χ1v) is 8.99. The summed E-state index contributed by atoms with van der Waals surface area (Å²) in [6.45, 7) is 1.98. The van der Waals surface area contributed by atoms with Crippen molar-refractivity contribution in [3.63, 3.8) is 0 Å². The topological polar surface area (TPSA) is 108 Å². The van der Waals surface area contributed by atoms with Crippen LogP contribution >= 0.6 is 7.82 Å². The standard InChI is InChI=1S/C13H28NO6P/c1-2-3-4-5-6-7-8-13(15)18-11-12-20-21(16,17)19-10-9-14/h2-12,14H2,1H3,(H,16,17). The van der Waals surface area contributed by atoms with Crippen molar-refractivity contribution in [1.82, 2.24) is 0 Å². The minimum Gasteiger partial charge on any atom is -0.463 e. The first-order chi connectivity index (χ1) is 10.0. The lowest BCUT2D eigenvalue weighted by molar-refractivity contribution is -0.144. The van der Waals surface area contributed by atoms with E-state index in [4.69, 9.17) is 10.5 Å². The summed E-state index contributed by atoms with van der Waals surface area (Å²) in [7, 11) is -4.08. The second-order valence-electron chi connectivity index (χ2n) is 4.66. The fourth-order valence-corrected chi connectivity index (χ4v) is 2.35. The maximum atomic E-state index is 11.4. The van der Waals surface area contributed by atoms with Gasteiger partial charge in [-0.2, -0.15) is 0 Å². The average molecular weight is 325 g/mol. The third kappa shape index (κ3) is 14.2. The molecule has 3 N–H and O–H groups in total. The van der Waals surface area contributed by atoms with Crippen LogP contribution in [0.1, 0.15) is 51.9 Å². The molecule has 0 saturated heterocycles. The van der Waals surface area contributed by atoms with Crippen LogP contribution in [0.4, 0.5) is 0 Å². The number of carbonyl (C=O) groups excluding carboxylic acids is 1. The summed E-state index contributed by atoms with van der Waals surface area (Å²) >= 11 is 0. The van der Waals surface area contributed by atoms with Crippen molar-refractivity contribution in [2.75, 3.05) is 26.4 Å². The lowest BCUT2D eigenvalue weighted by Gasteiger charge is -2.11. The third-order valence-electron chi connectivity index (χ3n) is 2.71. The highest BCUT2D eigenvalue weighted by molar-refractivity contribution is 7.47. The van der Waals surface area contributed by atoms with Crippen LogP contribution in [0.3, 0.4) is 0 Å². The fourth-order valence-electron chi connectivity index (χ4n) is 1.64. The number of carbonyl (C=O) groups is 1. The molecule has 0 saturated carbocycles. The Hall–Kier alpha value is -0.460. The minimum atomic E-state index is -4.08. The van der Waals surface area contributed by atoms with Crippen molar-refractivity contribution in [2.45, 2.75) is 51.9 Å². The molecule has 1 atom stereocenters. The van der Waals surface area contributed by atoms with E-state index in [1.807, 2.05) is 0 Å². The van der Waals surface area contributed by atoms with E-state index in [0.29, 0.717) is 6.42 Å². The van der Waals surface area contributed by atoms with Crippen LogP contribution in [0.5, 0.6) is 0 Å². The molecule has 0 aromatic carbocycles. The first kappa shape index (κ1) is 20.5. The number of phosphoric acid groups is 1. The van der Waals surface area contributed by atoms with E-state index in [-0.39, 0.29) is 32.3 Å². The molecule has 0 bridgehead atoms. The van der Waals surface area contributed by atoms with Crippen LogP contribution in [-0.4, -0.2) is 37.2 Å². The maximum absolute atomic E-state index is 11.4. The molecule has 7 nitrogen and oxygen atoms in total. The van der Waals surface area contributed by atoms with Gasteiger partial charge >= 0.3 is 13.8 Å². The monoisotopic (exact) mass is 325 g/mol. The van der Waals surface area contributed by atoms with E-state index in [1.165, 1.54) is 19.3 Å². The van der Waals surface area contributed by atoms with E-state index < -0.39 is 7.82 Å². The predicted octanol–water partition coefficient (Wildman–Crippen LogP) is 2.37. The average Bonchev–Trinajstić information content (AvgIpc) is 2.45. The Labute approximate surface area is 126 Å². The van der Waals surface area contributed by atoms with Crippen molar-refractivity contribution in [3.8, 4) is 0 Å². The van der Waals surface area contributed by atoms with Crippen molar-refractivity contribution in [1.29, 1.82) is 0 Å². The molecule has 0 fully saturated rings. The zero-order valence-electron chi connectivity index (χ0n) is 12.8. The Balaban J connectivity index is 3.47. The molecule has 0 aliphatic heterocycles. The second kappa shape index (κ2) is 13.2. The summed E-state index contributed by atoms with van der Waals surface area (Å²) in [6, 6.07) is 0. The highest BCUT2D eigenvalue weighted by Crippen LogP contribution is 2.42. The molecular weight excluding hydrogens is 297 g/mol. The lowest BCUT2D eigenvalue weighted by atomic mass is 10.1. The summed E-state index contributed by atoms with van der Waals surface area (Å²) in [5.41, 5.74) is 5.13. The molecule has 0 amide bonds. The van der Waals surface area contributed by atoms with Gasteiger partial charge < -0.3 is 15.4 Å². The number of esters is 1. The van der Waals surface area contributed by atoms with Gasteiger partial charge in [-0.15, -0.1) is 0 Å². The largest absolute Gasteiger partial charge is 0.472 e. The van der Waals surface area contributed by atoms with Gasteiger partial charge in [-0.25, -0.2) is 4.57 Å². The predicted molar refractivity (Wildman–Crippen MR) is 79.7 cm³/mol. The summed E-state index contributed by atoms with van der Waals surface area (Å²) < 4.78 is 25.3. The minimum absolute atomic E-state index is 0.0639. The smallest absolute Gasteiger partial charge is 0.463 e. The van der Waals surface area contributed by atoms with Crippen LogP contribution < -0.4 is 5.73 Å². The Morgan fingerprint density at radius 1 is 1.05 bits per heavy atom. The van der Waals surface area contributed by atoms with Gasteiger partial charge in [0.2, 0.25) is 0 Å². The highest BCUT2D eigenvalue weighted by atomic mass is 31.2. The number of phosphoric ester groups is 1. The van der Waals surface area contributed by atoms with Gasteiger partial charge in [-0.05, 0) is 6.42 Å². The van der Waals surface area contributed by atoms with Gasteiger partial charge in [-0.3, -0.25) is 13.8 Å². The number of ether oxygens (including phenoxy) is 1. The van der Waals surface area contributed by atoms with Gasteiger partial charge in [0.1, 0.15) is 6.61 Å². The van der Waals surface area contributed by atoms with Crippen molar-refractivity contribution < 1.29 is 28.0 Å². The van der Waals surface area contributed by atoms with Crippen molar-refractivity contribution in [3.05, 3.63) is 0 Å². The zero-order chi connectivity index (χ0) is 16.0. The molecule has 0 heterocycles. The van der Waals surface area contributed by atoms with Gasteiger partial charge in [-0.1, -0.05) is 39.0 Å². The molecule has 0 aromatic rings. The van der Waals surface area contributed by atoms with Gasteiger partial charge in [0.15, 0.2) is 0 Å². The van der Waals surface area contributed by atoms with Gasteiger partial charge in [0.25, 0.3) is 0 Å². The Morgan fingerprint density at radius 2 is 1.67 bits per heavy atom. The third-order valence-corrected chi connectivity index (χ3v) is 3.73. The molecule has 21 heavy (non-hydrogen) atoms. The number of unbranched alkanes of at least 4 members (excludes halogenated alkanes) is 5.